The summed E-state index contributed by atoms with van der Waals surface area (Å²) in [5, 5.41) is 22.1. The van der Waals surface area contributed by atoms with Crippen molar-refractivity contribution in [1.29, 1.82) is 0 Å². The lowest BCUT2D eigenvalue weighted by Gasteiger charge is -2.18. The van der Waals surface area contributed by atoms with E-state index in [1.807, 2.05) is 0 Å². The van der Waals surface area contributed by atoms with Gasteiger partial charge in [-0.05, 0) is 0 Å². The minimum absolute atomic E-state index is 0.0888. The van der Waals surface area contributed by atoms with Crippen LogP contribution in [0.15, 0.2) is 21.8 Å². The summed E-state index contributed by atoms with van der Waals surface area (Å²) in [4.78, 5) is 18.7. The Hall–Kier alpha value is -1.31. The average Bonchev–Trinajstić information content (AvgIpc) is 2.89. The lowest BCUT2D eigenvalue weighted by atomic mass is 9.98. The number of aromatic nitrogens is 2. The third-order valence-electron chi connectivity index (χ3n) is 1.92. The van der Waals surface area contributed by atoms with Gasteiger partial charge >= 0.3 is 5.97 Å². The zero-order valence-corrected chi connectivity index (χ0v) is 8.96. The molecule has 2 N–H and O–H groups in total. The van der Waals surface area contributed by atoms with Crippen molar-refractivity contribution in [1.82, 2.24) is 9.97 Å². The molecule has 5 nitrogen and oxygen atoms in total. The van der Waals surface area contributed by atoms with Crippen molar-refractivity contribution in [3.05, 3.63) is 33.2 Å². The van der Waals surface area contributed by atoms with E-state index in [1.54, 1.807) is 0 Å². The molecule has 0 aliphatic rings. The number of carboxylic acid groups (broad SMARTS) is 1. The lowest BCUT2D eigenvalue weighted by Crippen LogP contribution is -2.37. The molecule has 78 valence electrons. The summed E-state index contributed by atoms with van der Waals surface area (Å²) < 4.78 is 0. The van der Waals surface area contributed by atoms with Gasteiger partial charge in [-0.15, -0.1) is 22.7 Å². The summed E-state index contributed by atoms with van der Waals surface area (Å²) in [6.07, 6.45) is 0. The van der Waals surface area contributed by atoms with Gasteiger partial charge < -0.3 is 10.2 Å². The number of aliphatic carboxylic acids is 1. The molecular weight excluding hydrogens is 236 g/mol. The van der Waals surface area contributed by atoms with Gasteiger partial charge in [0.1, 0.15) is 11.4 Å². The molecule has 0 aliphatic heterocycles. The Bertz CT molecular complexity index is 418. The van der Waals surface area contributed by atoms with Crippen LogP contribution in [0.2, 0.25) is 0 Å². The highest BCUT2D eigenvalue weighted by Gasteiger charge is 2.43. The van der Waals surface area contributed by atoms with Crippen molar-refractivity contribution in [2.75, 3.05) is 0 Å². The Morgan fingerprint density at radius 1 is 1.20 bits per heavy atom. The zero-order chi connectivity index (χ0) is 10.9. The fraction of sp³-hybridized carbons (Fsp3) is 0.125. The van der Waals surface area contributed by atoms with E-state index in [2.05, 4.69) is 9.97 Å². The van der Waals surface area contributed by atoms with Crippen LogP contribution in [0, 0.1) is 0 Å². The molecular formula is C8H6N2O3S2. The molecule has 0 saturated carbocycles. The number of carbonyl (C=O) groups is 1. The van der Waals surface area contributed by atoms with Gasteiger partial charge in [0.25, 0.3) is 0 Å². The van der Waals surface area contributed by atoms with Gasteiger partial charge in [0.05, 0.1) is 11.0 Å². The van der Waals surface area contributed by atoms with Crippen LogP contribution in [0.1, 0.15) is 11.4 Å². The molecule has 0 radical (unpaired) electrons. The van der Waals surface area contributed by atoms with Gasteiger partial charge in [0.15, 0.2) is 0 Å². The maximum atomic E-state index is 11.1. The van der Waals surface area contributed by atoms with Gasteiger partial charge in [-0.25, -0.2) is 14.8 Å². The Kier molecular flexibility index (Phi) is 2.51. The van der Waals surface area contributed by atoms with E-state index in [9.17, 15) is 9.90 Å². The molecule has 2 heterocycles. The summed E-state index contributed by atoms with van der Waals surface area (Å²) in [5.41, 5.74) is 0.974. The molecule has 0 amide bonds. The number of hydrogen-bond acceptors (Lipinski definition) is 6. The van der Waals surface area contributed by atoms with Crippen LogP contribution in [-0.2, 0) is 10.4 Å². The standard InChI is InChI=1S/C8H6N2O3S2/c11-7(12)8(13,5-1-14-3-9-5)6-2-15-4-10-6/h1-4,13H,(H,11,12). The third-order valence-corrected chi connectivity index (χ3v) is 3.09. The number of thiazole rings is 2. The van der Waals surface area contributed by atoms with Crippen LogP contribution >= 0.6 is 22.7 Å². The summed E-state index contributed by atoms with van der Waals surface area (Å²) in [5.74, 6) is -1.38. The smallest absolute Gasteiger partial charge is 0.348 e. The number of rotatable bonds is 3. The van der Waals surface area contributed by atoms with Crippen LogP contribution in [0.3, 0.4) is 0 Å². The largest absolute Gasteiger partial charge is 0.478 e. The fourth-order valence-electron chi connectivity index (χ4n) is 1.13. The molecule has 0 saturated heterocycles. The first-order valence-corrected chi connectivity index (χ1v) is 5.77. The highest BCUT2D eigenvalue weighted by molar-refractivity contribution is 7.08. The predicted molar refractivity (Wildman–Crippen MR) is 54.9 cm³/mol. The lowest BCUT2D eigenvalue weighted by molar-refractivity contribution is -0.155. The predicted octanol–water partition coefficient (Wildman–Crippen LogP) is 0.920. The fourth-order valence-corrected chi connectivity index (χ4v) is 2.32. The van der Waals surface area contributed by atoms with Gasteiger partial charge in [-0.1, -0.05) is 0 Å². The molecule has 0 atom stereocenters. The Labute approximate surface area is 92.7 Å². The number of carboxylic acids is 1. The zero-order valence-electron chi connectivity index (χ0n) is 7.32. The number of nitrogens with zero attached hydrogens (tertiary/aromatic N) is 2. The summed E-state index contributed by atoms with van der Waals surface area (Å²) in [7, 11) is 0. The Morgan fingerprint density at radius 3 is 1.93 bits per heavy atom. The Balaban J connectivity index is 2.56. The summed E-state index contributed by atoms with van der Waals surface area (Å²) in [6, 6.07) is 0. The van der Waals surface area contributed by atoms with Gasteiger partial charge in [-0.3, -0.25) is 0 Å². The molecule has 0 bridgehead atoms. The molecule has 7 heteroatoms. The van der Waals surface area contributed by atoms with Gasteiger partial charge in [0, 0.05) is 10.8 Å². The third kappa shape index (κ3) is 1.54. The van der Waals surface area contributed by atoms with Crippen molar-refractivity contribution in [3.8, 4) is 0 Å². The van der Waals surface area contributed by atoms with E-state index in [-0.39, 0.29) is 11.4 Å². The average molecular weight is 242 g/mol. The van der Waals surface area contributed by atoms with E-state index in [0.717, 1.165) is 0 Å². The van der Waals surface area contributed by atoms with Crippen LogP contribution < -0.4 is 0 Å². The maximum Gasteiger partial charge on any atom is 0.348 e. The van der Waals surface area contributed by atoms with Crippen LogP contribution in [0.4, 0.5) is 0 Å². The van der Waals surface area contributed by atoms with Gasteiger partial charge in [0.2, 0.25) is 5.60 Å². The molecule has 15 heavy (non-hydrogen) atoms. The second-order valence-electron chi connectivity index (χ2n) is 2.76. The first kappa shape index (κ1) is 10.2. The quantitative estimate of drug-likeness (QED) is 0.836. The maximum absolute atomic E-state index is 11.1. The van der Waals surface area contributed by atoms with Crippen molar-refractivity contribution in [3.63, 3.8) is 0 Å². The molecule has 2 aromatic rings. The van der Waals surface area contributed by atoms with Crippen LogP contribution in [-0.4, -0.2) is 26.2 Å². The first-order valence-electron chi connectivity index (χ1n) is 3.89. The van der Waals surface area contributed by atoms with E-state index in [4.69, 9.17) is 5.11 Å². The molecule has 0 aromatic carbocycles. The van der Waals surface area contributed by atoms with Crippen molar-refractivity contribution in [2.24, 2.45) is 0 Å². The van der Waals surface area contributed by atoms with Crippen molar-refractivity contribution < 1.29 is 15.0 Å². The van der Waals surface area contributed by atoms with E-state index in [1.165, 1.54) is 44.5 Å². The summed E-state index contributed by atoms with van der Waals surface area (Å²) >= 11 is 2.44. The molecule has 2 rings (SSSR count). The van der Waals surface area contributed by atoms with Gasteiger partial charge in [-0.2, -0.15) is 0 Å². The highest BCUT2D eigenvalue weighted by atomic mass is 32.1. The molecule has 0 aliphatic carbocycles. The Morgan fingerprint density at radius 2 is 1.67 bits per heavy atom. The minimum Gasteiger partial charge on any atom is -0.478 e. The minimum atomic E-state index is -2.14. The van der Waals surface area contributed by atoms with Crippen molar-refractivity contribution in [2.45, 2.75) is 5.60 Å². The molecule has 0 fully saturated rings. The first-order chi connectivity index (χ1) is 7.15. The normalized spacial score (nSPS) is 11.5. The van der Waals surface area contributed by atoms with Crippen LogP contribution in [0.25, 0.3) is 0 Å². The second kappa shape index (κ2) is 3.69. The SMILES string of the molecule is O=C(O)C(O)(c1cscn1)c1cscn1. The number of hydrogen-bond donors (Lipinski definition) is 2. The molecule has 0 unspecified atom stereocenters. The second-order valence-corrected chi connectivity index (χ2v) is 4.20. The van der Waals surface area contributed by atoms with Crippen molar-refractivity contribution >= 4 is 28.6 Å². The summed E-state index contributed by atoms with van der Waals surface area (Å²) in [6.45, 7) is 0. The van der Waals surface area contributed by atoms with E-state index in [0.29, 0.717) is 0 Å². The van der Waals surface area contributed by atoms with Crippen LogP contribution in [0.5, 0.6) is 0 Å². The molecule has 2 aromatic heterocycles. The van der Waals surface area contributed by atoms with E-state index < -0.39 is 11.6 Å². The molecule has 0 spiro atoms. The topological polar surface area (TPSA) is 83.3 Å². The van der Waals surface area contributed by atoms with E-state index >= 15 is 0 Å². The number of aliphatic hydroxyl groups is 1. The highest BCUT2D eigenvalue weighted by Crippen LogP contribution is 2.29. The monoisotopic (exact) mass is 242 g/mol.